The number of nitriles is 1. The van der Waals surface area contributed by atoms with E-state index >= 15 is 0 Å². The van der Waals surface area contributed by atoms with Crippen molar-refractivity contribution in [3.8, 4) is 6.07 Å². The summed E-state index contributed by atoms with van der Waals surface area (Å²) in [5, 5.41) is 13.3. The van der Waals surface area contributed by atoms with Crippen LogP contribution in [-0.4, -0.2) is 15.9 Å². The summed E-state index contributed by atoms with van der Waals surface area (Å²) >= 11 is 0. The molecule has 2 rings (SSSR count). The second-order valence-corrected chi connectivity index (χ2v) is 2.93. The first-order chi connectivity index (χ1) is 7.22. The topological polar surface area (TPSA) is 67.9 Å². The highest BCUT2D eigenvalue weighted by atomic mass is 16.7. The lowest BCUT2D eigenvalue weighted by molar-refractivity contribution is -0.142. The molecule has 0 unspecified atom stereocenters. The molecular weight excluding hydrogens is 194 g/mol. The van der Waals surface area contributed by atoms with Gasteiger partial charge in [0.05, 0.1) is 0 Å². The van der Waals surface area contributed by atoms with Gasteiger partial charge in [0.15, 0.2) is 5.69 Å². The summed E-state index contributed by atoms with van der Waals surface area (Å²) in [6.07, 6.45) is 0. The van der Waals surface area contributed by atoms with Gasteiger partial charge in [-0.1, -0.05) is 17.0 Å². The van der Waals surface area contributed by atoms with Crippen molar-refractivity contribution >= 4 is 16.9 Å². The number of carbonyl (C=O) groups is 1. The van der Waals surface area contributed by atoms with Crippen molar-refractivity contribution in [1.29, 1.82) is 5.26 Å². The summed E-state index contributed by atoms with van der Waals surface area (Å²) in [6.45, 7) is 1.28. The van der Waals surface area contributed by atoms with E-state index in [1.807, 2.05) is 6.07 Å². The molecule has 0 aliphatic heterocycles. The van der Waals surface area contributed by atoms with Crippen molar-refractivity contribution in [3.05, 3.63) is 30.0 Å². The lowest BCUT2D eigenvalue weighted by Crippen LogP contribution is -2.17. The molecule has 0 radical (unpaired) electrons. The van der Waals surface area contributed by atoms with Crippen LogP contribution in [0.15, 0.2) is 24.3 Å². The molecule has 0 aliphatic carbocycles. The highest BCUT2D eigenvalue weighted by Crippen LogP contribution is 2.16. The molecule has 0 fully saturated rings. The maximum atomic E-state index is 10.8. The lowest BCUT2D eigenvalue weighted by atomic mass is 10.2. The Morgan fingerprint density at radius 1 is 1.53 bits per heavy atom. The van der Waals surface area contributed by atoms with Crippen LogP contribution < -0.4 is 4.84 Å². The highest BCUT2D eigenvalue weighted by Gasteiger charge is 2.10. The van der Waals surface area contributed by atoms with Crippen LogP contribution in [0, 0.1) is 11.3 Å². The van der Waals surface area contributed by atoms with Crippen LogP contribution in [0.25, 0.3) is 10.9 Å². The number of rotatable bonds is 1. The van der Waals surface area contributed by atoms with E-state index in [4.69, 9.17) is 10.1 Å². The number of benzene rings is 1. The molecule has 0 aliphatic rings. The fraction of sp³-hybridized carbons (Fsp3) is 0.100. The van der Waals surface area contributed by atoms with Gasteiger partial charge >= 0.3 is 5.97 Å². The summed E-state index contributed by atoms with van der Waals surface area (Å²) in [5.41, 5.74) is 0.844. The van der Waals surface area contributed by atoms with E-state index in [0.29, 0.717) is 10.9 Å². The molecule has 15 heavy (non-hydrogen) atoms. The standard InChI is InChI=1S/C10H7N3O2/c1-7(14)15-13-10-5-3-2-4-8(10)9(6-11)12-13/h2-5H,1H3. The second-order valence-electron chi connectivity index (χ2n) is 2.93. The van der Waals surface area contributed by atoms with Crippen LogP contribution in [0.1, 0.15) is 12.6 Å². The molecule has 0 spiro atoms. The molecule has 5 nitrogen and oxygen atoms in total. The van der Waals surface area contributed by atoms with Gasteiger partial charge in [-0.25, -0.2) is 4.79 Å². The second kappa shape index (κ2) is 3.42. The minimum atomic E-state index is -0.479. The van der Waals surface area contributed by atoms with E-state index in [-0.39, 0.29) is 5.69 Å². The van der Waals surface area contributed by atoms with E-state index < -0.39 is 5.97 Å². The highest BCUT2D eigenvalue weighted by molar-refractivity contribution is 5.84. The average molecular weight is 201 g/mol. The molecule has 2 aromatic rings. The normalized spacial score (nSPS) is 9.87. The molecule has 0 N–H and O–H groups in total. The Morgan fingerprint density at radius 3 is 2.93 bits per heavy atom. The van der Waals surface area contributed by atoms with Crippen LogP contribution in [0.3, 0.4) is 0 Å². The number of hydrogen-bond acceptors (Lipinski definition) is 4. The van der Waals surface area contributed by atoms with Crippen LogP contribution in [0.2, 0.25) is 0 Å². The fourth-order valence-electron chi connectivity index (χ4n) is 1.31. The third-order valence-corrected chi connectivity index (χ3v) is 1.88. The van der Waals surface area contributed by atoms with Gasteiger partial charge in [-0.05, 0) is 12.1 Å². The Bertz CT molecular complexity index is 566. The fourth-order valence-corrected chi connectivity index (χ4v) is 1.31. The first-order valence-corrected chi connectivity index (χ1v) is 4.29. The molecule has 0 amide bonds. The molecule has 1 aromatic heterocycles. The van der Waals surface area contributed by atoms with Crippen molar-refractivity contribution in [2.45, 2.75) is 6.92 Å². The average Bonchev–Trinajstić information content (AvgIpc) is 2.56. The van der Waals surface area contributed by atoms with Crippen LogP contribution >= 0.6 is 0 Å². The van der Waals surface area contributed by atoms with Crippen molar-refractivity contribution in [1.82, 2.24) is 9.94 Å². The molecule has 0 bridgehead atoms. The summed E-state index contributed by atoms with van der Waals surface area (Å²) < 4.78 is 0. The number of nitrogens with zero attached hydrogens (tertiary/aromatic N) is 3. The maximum absolute atomic E-state index is 10.8. The largest absolute Gasteiger partial charge is 0.331 e. The summed E-state index contributed by atoms with van der Waals surface area (Å²) in [4.78, 5) is 16.7. The maximum Gasteiger partial charge on any atom is 0.331 e. The van der Waals surface area contributed by atoms with Gasteiger partial charge in [0, 0.05) is 12.3 Å². The number of fused-ring (bicyclic) bond motifs is 1. The first-order valence-electron chi connectivity index (χ1n) is 4.29. The number of para-hydroxylation sites is 1. The zero-order valence-corrected chi connectivity index (χ0v) is 7.97. The number of carbonyl (C=O) groups excluding carboxylic acids is 1. The quantitative estimate of drug-likeness (QED) is 0.686. The molecule has 0 saturated heterocycles. The Hall–Kier alpha value is -2.35. The van der Waals surface area contributed by atoms with Gasteiger partial charge in [0.1, 0.15) is 11.6 Å². The Morgan fingerprint density at radius 2 is 2.27 bits per heavy atom. The van der Waals surface area contributed by atoms with E-state index in [1.54, 1.807) is 24.3 Å². The predicted molar refractivity (Wildman–Crippen MR) is 51.7 cm³/mol. The zero-order chi connectivity index (χ0) is 10.8. The minimum absolute atomic E-state index is 0.242. The molecule has 5 heteroatoms. The molecule has 1 aromatic carbocycles. The minimum Gasteiger partial charge on any atom is -0.319 e. The van der Waals surface area contributed by atoms with Crippen LogP contribution in [0.5, 0.6) is 0 Å². The number of aromatic nitrogens is 2. The summed E-state index contributed by atoms with van der Waals surface area (Å²) in [5.74, 6) is -0.479. The summed E-state index contributed by atoms with van der Waals surface area (Å²) in [6, 6.07) is 9.00. The monoisotopic (exact) mass is 201 g/mol. The van der Waals surface area contributed by atoms with Crippen LogP contribution in [-0.2, 0) is 4.79 Å². The van der Waals surface area contributed by atoms with E-state index in [1.165, 1.54) is 6.92 Å². The van der Waals surface area contributed by atoms with Gasteiger partial charge in [-0.3, -0.25) is 0 Å². The van der Waals surface area contributed by atoms with Crippen LogP contribution in [0.4, 0.5) is 0 Å². The summed E-state index contributed by atoms with van der Waals surface area (Å²) in [7, 11) is 0. The SMILES string of the molecule is CC(=O)On1nc(C#N)c2ccccc21. The molecular formula is C10H7N3O2. The third-order valence-electron chi connectivity index (χ3n) is 1.88. The van der Waals surface area contributed by atoms with E-state index in [0.717, 1.165) is 4.85 Å². The van der Waals surface area contributed by atoms with Gasteiger partial charge < -0.3 is 4.84 Å². The van der Waals surface area contributed by atoms with Gasteiger partial charge in [0.2, 0.25) is 0 Å². The first kappa shape index (κ1) is 9.21. The van der Waals surface area contributed by atoms with Crippen molar-refractivity contribution in [2.75, 3.05) is 0 Å². The van der Waals surface area contributed by atoms with Gasteiger partial charge in [0.25, 0.3) is 0 Å². The zero-order valence-electron chi connectivity index (χ0n) is 7.97. The third kappa shape index (κ3) is 1.53. The Kier molecular flexibility index (Phi) is 2.10. The lowest BCUT2D eigenvalue weighted by Gasteiger charge is -1.99. The number of hydrogen-bond donors (Lipinski definition) is 0. The Labute approximate surface area is 85.4 Å². The van der Waals surface area contributed by atoms with Crippen molar-refractivity contribution < 1.29 is 9.63 Å². The molecule has 1 heterocycles. The van der Waals surface area contributed by atoms with Gasteiger partial charge in [-0.2, -0.15) is 5.26 Å². The van der Waals surface area contributed by atoms with Crippen molar-refractivity contribution in [2.24, 2.45) is 0 Å². The molecule has 0 atom stereocenters. The molecule has 0 saturated carbocycles. The van der Waals surface area contributed by atoms with E-state index in [2.05, 4.69) is 5.10 Å². The predicted octanol–water partition coefficient (Wildman–Crippen LogP) is 0.883. The molecule has 74 valence electrons. The van der Waals surface area contributed by atoms with Gasteiger partial charge in [-0.15, -0.1) is 5.10 Å². The van der Waals surface area contributed by atoms with E-state index in [9.17, 15) is 4.79 Å². The van der Waals surface area contributed by atoms with Crippen molar-refractivity contribution in [3.63, 3.8) is 0 Å². The Balaban J connectivity index is 2.66. The smallest absolute Gasteiger partial charge is 0.319 e.